The lowest BCUT2D eigenvalue weighted by atomic mass is 10.0. The lowest BCUT2D eigenvalue weighted by molar-refractivity contribution is -0.134. The van der Waals surface area contributed by atoms with Crippen molar-refractivity contribution in [2.75, 3.05) is 26.2 Å². The van der Waals surface area contributed by atoms with Crippen LogP contribution in [0.3, 0.4) is 0 Å². The van der Waals surface area contributed by atoms with Crippen LogP contribution in [0.2, 0.25) is 0 Å². The van der Waals surface area contributed by atoms with Crippen LogP contribution >= 0.6 is 0 Å². The van der Waals surface area contributed by atoms with Crippen molar-refractivity contribution >= 4 is 5.97 Å². The molecule has 1 atom stereocenters. The second kappa shape index (κ2) is 10.4. The summed E-state index contributed by atoms with van der Waals surface area (Å²) in [5.74, 6) is -0.833. The minimum atomic E-state index is -0.833. The number of hydrogen-bond acceptors (Lipinski definition) is 3. The summed E-state index contributed by atoms with van der Waals surface area (Å²) in [4.78, 5) is 11.6. The molecule has 1 heterocycles. The quantitative estimate of drug-likeness (QED) is 0.819. The molecular weight excluding hydrogens is 264 g/mol. The molecule has 2 rings (SSSR count). The molecule has 1 aromatic rings. The number of unbranched alkanes of at least 4 members (excludes halogenated alkanes) is 2. The fourth-order valence-electron chi connectivity index (χ4n) is 2.58. The average Bonchev–Trinajstić information content (AvgIpc) is 2.48. The first-order valence-corrected chi connectivity index (χ1v) is 7.84. The van der Waals surface area contributed by atoms with E-state index >= 15 is 0 Å². The van der Waals surface area contributed by atoms with E-state index in [0.717, 1.165) is 20.0 Å². The third-order valence-corrected chi connectivity index (χ3v) is 3.59. The molecule has 118 valence electrons. The Bertz CT molecular complexity index is 391. The highest BCUT2D eigenvalue weighted by atomic mass is 16.4. The smallest absolute Gasteiger partial charge is 0.300 e. The molecule has 2 N–H and O–H groups in total. The Kier molecular flexibility index (Phi) is 8.71. The number of hydrogen-bond donors (Lipinski definition) is 2. The van der Waals surface area contributed by atoms with Gasteiger partial charge in [0.05, 0.1) is 0 Å². The van der Waals surface area contributed by atoms with Gasteiger partial charge in [-0.1, -0.05) is 50.1 Å². The lowest BCUT2D eigenvalue weighted by Gasteiger charge is -2.36. The molecule has 1 saturated heterocycles. The molecule has 1 unspecified atom stereocenters. The van der Waals surface area contributed by atoms with Crippen molar-refractivity contribution in [3.63, 3.8) is 0 Å². The van der Waals surface area contributed by atoms with Gasteiger partial charge in [0, 0.05) is 32.6 Å². The predicted octanol–water partition coefficient (Wildman–Crippen LogP) is 2.91. The van der Waals surface area contributed by atoms with Crippen molar-refractivity contribution in [1.82, 2.24) is 10.2 Å². The molecule has 0 amide bonds. The van der Waals surface area contributed by atoms with Crippen LogP contribution in [0.4, 0.5) is 0 Å². The first kappa shape index (κ1) is 17.7. The van der Waals surface area contributed by atoms with Crippen LogP contribution in [0.15, 0.2) is 30.3 Å². The Morgan fingerprint density at radius 2 is 2.00 bits per heavy atom. The zero-order chi connectivity index (χ0) is 15.5. The van der Waals surface area contributed by atoms with Crippen molar-refractivity contribution < 1.29 is 9.90 Å². The van der Waals surface area contributed by atoms with Gasteiger partial charge in [-0.2, -0.15) is 0 Å². The summed E-state index contributed by atoms with van der Waals surface area (Å²) >= 11 is 0. The molecule has 0 aliphatic carbocycles. The second-order valence-electron chi connectivity index (χ2n) is 5.39. The molecule has 1 aromatic carbocycles. The number of aliphatic carboxylic acids is 1. The Balaban J connectivity index is 0.000000491. The number of carboxylic acid groups (broad SMARTS) is 1. The van der Waals surface area contributed by atoms with E-state index < -0.39 is 5.97 Å². The van der Waals surface area contributed by atoms with Crippen molar-refractivity contribution in [3.05, 3.63) is 35.9 Å². The topological polar surface area (TPSA) is 52.6 Å². The SMILES string of the molecule is CC(=O)O.CCCCCN1CCNCC1c1ccccc1. The van der Waals surface area contributed by atoms with Crippen molar-refractivity contribution in [3.8, 4) is 0 Å². The van der Waals surface area contributed by atoms with E-state index in [0.29, 0.717) is 6.04 Å². The van der Waals surface area contributed by atoms with Crippen LogP contribution in [-0.2, 0) is 4.79 Å². The Hall–Kier alpha value is -1.39. The van der Waals surface area contributed by atoms with Gasteiger partial charge in [0.1, 0.15) is 0 Å². The molecule has 1 fully saturated rings. The number of piperazine rings is 1. The van der Waals surface area contributed by atoms with Crippen LogP contribution in [0.1, 0.15) is 44.7 Å². The summed E-state index contributed by atoms with van der Waals surface area (Å²) in [7, 11) is 0. The van der Waals surface area contributed by atoms with E-state index in [9.17, 15) is 0 Å². The highest BCUT2D eigenvalue weighted by Gasteiger charge is 2.22. The van der Waals surface area contributed by atoms with Crippen molar-refractivity contribution in [2.24, 2.45) is 0 Å². The predicted molar refractivity (Wildman–Crippen MR) is 86.5 cm³/mol. The van der Waals surface area contributed by atoms with E-state index in [2.05, 4.69) is 47.5 Å². The Labute approximate surface area is 128 Å². The molecule has 0 aromatic heterocycles. The molecule has 4 heteroatoms. The number of nitrogens with zero attached hydrogens (tertiary/aromatic N) is 1. The van der Waals surface area contributed by atoms with E-state index in [4.69, 9.17) is 9.90 Å². The summed E-state index contributed by atoms with van der Waals surface area (Å²) in [6.07, 6.45) is 3.99. The highest BCUT2D eigenvalue weighted by Crippen LogP contribution is 2.22. The molecule has 4 nitrogen and oxygen atoms in total. The van der Waals surface area contributed by atoms with Gasteiger partial charge in [-0.15, -0.1) is 0 Å². The number of nitrogens with one attached hydrogen (secondary N) is 1. The van der Waals surface area contributed by atoms with Gasteiger partial charge in [-0.05, 0) is 18.5 Å². The maximum atomic E-state index is 9.00. The molecule has 0 saturated carbocycles. The lowest BCUT2D eigenvalue weighted by Crippen LogP contribution is -2.46. The van der Waals surface area contributed by atoms with E-state index in [1.165, 1.54) is 37.9 Å². The standard InChI is InChI=1S/C15H24N2.C2H4O2/c1-2-3-7-11-17-12-10-16-13-15(17)14-8-5-4-6-9-14;1-2(3)4/h4-6,8-9,15-16H,2-3,7,10-13H2,1H3;1H3,(H,3,4). The van der Waals surface area contributed by atoms with Crippen LogP contribution in [0.25, 0.3) is 0 Å². The fourth-order valence-corrected chi connectivity index (χ4v) is 2.58. The van der Waals surface area contributed by atoms with Crippen molar-refractivity contribution in [1.29, 1.82) is 0 Å². The van der Waals surface area contributed by atoms with Crippen LogP contribution < -0.4 is 5.32 Å². The van der Waals surface area contributed by atoms with Crippen molar-refractivity contribution in [2.45, 2.75) is 39.2 Å². The minimum absolute atomic E-state index is 0.571. The molecule has 21 heavy (non-hydrogen) atoms. The van der Waals surface area contributed by atoms with Gasteiger partial charge < -0.3 is 10.4 Å². The summed E-state index contributed by atoms with van der Waals surface area (Å²) in [6.45, 7) is 8.01. The number of carboxylic acids is 1. The number of benzene rings is 1. The largest absolute Gasteiger partial charge is 0.481 e. The molecule has 1 aliphatic rings. The van der Waals surface area contributed by atoms with Gasteiger partial charge in [0.2, 0.25) is 0 Å². The van der Waals surface area contributed by atoms with Gasteiger partial charge in [-0.25, -0.2) is 0 Å². The summed E-state index contributed by atoms with van der Waals surface area (Å²) in [5.41, 5.74) is 1.45. The van der Waals surface area contributed by atoms with E-state index in [1.807, 2.05) is 0 Å². The summed E-state index contributed by atoms with van der Waals surface area (Å²) in [6, 6.07) is 11.5. The van der Waals surface area contributed by atoms with Gasteiger partial charge >= 0.3 is 0 Å². The van der Waals surface area contributed by atoms with E-state index in [1.54, 1.807) is 0 Å². The van der Waals surface area contributed by atoms with Crippen LogP contribution in [-0.4, -0.2) is 42.2 Å². The number of carbonyl (C=O) groups is 1. The first-order chi connectivity index (χ1) is 10.1. The molecule has 0 spiro atoms. The highest BCUT2D eigenvalue weighted by molar-refractivity contribution is 5.62. The molecule has 0 bridgehead atoms. The Morgan fingerprint density at radius 1 is 1.33 bits per heavy atom. The molecule has 1 aliphatic heterocycles. The Morgan fingerprint density at radius 3 is 2.62 bits per heavy atom. The van der Waals surface area contributed by atoms with E-state index in [-0.39, 0.29) is 0 Å². The van der Waals surface area contributed by atoms with Gasteiger partial charge in [-0.3, -0.25) is 9.69 Å². The van der Waals surface area contributed by atoms with Gasteiger partial charge in [0.25, 0.3) is 5.97 Å². The zero-order valence-corrected chi connectivity index (χ0v) is 13.2. The van der Waals surface area contributed by atoms with Gasteiger partial charge in [0.15, 0.2) is 0 Å². The molecule has 0 radical (unpaired) electrons. The molecular formula is C17H28N2O2. The van der Waals surface area contributed by atoms with Crippen LogP contribution in [0.5, 0.6) is 0 Å². The maximum absolute atomic E-state index is 9.00. The average molecular weight is 292 g/mol. The monoisotopic (exact) mass is 292 g/mol. The zero-order valence-electron chi connectivity index (χ0n) is 13.2. The normalized spacial score (nSPS) is 18.7. The minimum Gasteiger partial charge on any atom is -0.481 e. The second-order valence-corrected chi connectivity index (χ2v) is 5.39. The summed E-state index contributed by atoms with van der Waals surface area (Å²) < 4.78 is 0. The third kappa shape index (κ3) is 7.25. The number of rotatable bonds is 5. The first-order valence-electron chi connectivity index (χ1n) is 7.84. The fraction of sp³-hybridized carbons (Fsp3) is 0.588. The summed E-state index contributed by atoms with van der Waals surface area (Å²) in [5, 5.41) is 10.9. The van der Waals surface area contributed by atoms with Crippen LogP contribution in [0, 0.1) is 0 Å². The third-order valence-electron chi connectivity index (χ3n) is 3.59. The maximum Gasteiger partial charge on any atom is 0.300 e.